The van der Waals surface area contributed by atoms with Gasteiger partial charge in [-0.1, -0.05) is 0 Å². The van der Waals surface area contributed by atoms with Crippen LogP contribution >= 0.6 is 0 Å². The van der Waals surface area contributed by atoms with Gasteiger partial charge in [0.05, 0.1) is 6.42 Å². The smallest absolute Gasteiger partial charge is 0.304 e. The molecular weight excluding hydrogens is 156 g/mol. The molecule has 0 aliphatic carbocycles. The van der Waals surface area contributed by atoms with Gasteiger partial charge in [-0.15, -0.1) is 11.8 Å². The Morgan fingerprint density at radius 2 is 2.08 bits per heavy atom. The Morgan fingerprint density at radius 3 is 2.42 bits per heavy atom. The molecule has 0 fully saturated rings. The Labute approximate surface area is 71.8 Å². The molecular formula is C9H12O3. The van der Waals surface area contributed by atoms with E-state index in [-0.39, 0.29) is 12.2 Å². The van der Waals surface area contributed by atoms with Crippen molar-refractivity contribution in [2.24, 2.45) is 5.92 Å². The quantitative estimate of drug-likeness (QED) is 0.639. The Hall–Kier alpha value is -1.30. The molecule has 0 aromatic heterocycles. The van der Waals surface area contributed by atoms with Gasteiger partial charge in [0.25, 0.3) is 0 Å². The van der Waals surface area contributed by atoms with E-state index in [1.54, 1.807) is 6.92 Å². The van der Waals surface area contributed by atoms with E-state index >= 15 is 0 Å². The fraction of sp³-hybridized carbons (Fsp3) is 0.556. The fourth-order valence-electron chi connectivity index (χ4n) is 0.796. The largest absolute Gasteiger partial charge is 0.481 e. The van der Waals surface area contributed by atoms with Crippen LogP contribution in [0.2, 0.25) is 0 Å². The van der Waals surface area contributed by atoms with Gasteiger partial charge in [-0.25, -0.2) is 0 Å². The van der Waals surface area contributed by atoms with Gasteiger partial charge >= 0.3 is 5.97 Å². The Bertz CT molecular complexity index is 232. The molecule has 0 aliphatic heterocycles. The van der Waals surface area contributed by atoms with Crippen LogP contribution in [0.25, 0.3) is 0 Å². The number of carboxylic acid groups (broad SMARTS) is 1. The van der Waals surface area contributed by atoms with Crippen molar-refractivity contribution in [3.05, 3.63) is 0 Å². The number of rotatable bonds is 4. The van der Waals surface area contributed by atoms with Crippen LogP contribution in [0.5, 0.6) is 0 Å². The maximum atomic E-state index is 10.9. The molecule has 0 aromatic carbocycles. The third-order valence-electron chi connectivity index (χ3n) is 1.52. The van der Waals surface area contributed by atoms with Crippen molar-refractivity contribution in [3.63, 3.8) is 0 Å². The SMILES string of the molecule is CC#CCC(CC(=O)O)C(C)=O. The van der Waals surface area contributed by atoms with E-state index in [0.29, 0.717) is 6.42 Å². The van der Waals surface area contributed by atoms with Gasteiger partial charge in [-0.3, -0.25) is 9.59 Å². The zero-order chi connectivity index (χ0) is 9.56. The first-order valence-corrected chi connectivity index (χ1v) is 3.69. The van der Waals surface area contributed by atoms with E-state index in [1.807, 2.05) is 0 Å². The third kappa shape index (κ3) is 4.51. The molecule has 3 nitrogen and oxygen atoms in total. The lowest BCUT2D eigenvalue weighted by Crippen LogP contribution is -2.14. The number of carbonyl (C=O) groups is 2. The molecule has 0 aliphatic rings. The van der Waals surface area contributed by atoms with E-state index in [2.05, 4.69) is 11.8 Å². The van der Waals surface area contributed by atoms with Crippen molar-refractivity contribution in [1.82, 2.24) is 0 Å². The van der Waals surface area contributed by atoms with Crippen LogP contribution < -0.4 is 0 Å². The van der Waals surface area contributed by atoms with Gasteiger partial charge < -0.3 is 5.11 Å². The molecule has 3 heteroatoms. The molecule has 0 saturated heterocycles. The highest BCUT2D eigenvalue weighted by molar-refractivity contribution is 5.83. The van der Waals surface area contributed by atoms with E-state index in [0.717, 1.165) is 0 Å². The van der Waals surface area contributed by atoms with Gasteiger partial charge in [0.15, 0.2) is 0 Å². The zero-order valence-electron chi connectivity index (χ0n) is 7.26. The van der Waals surface area contributed by atoms with Crippen molar-refractivity contribution in [2.45, 2.75) is 26.7 Å². The first-order valence-electron chi connectivity index (χ1n) is 3.69. The van der Waals surface area contributed by atoms with Crippen LogP contribution in [0.4, 0.5) is 0 Å². The van der Waals surface area contributed by atoms with Gasteiger partial charge in [0.2, 0.25) is 0 Å². The van der Waals surface area contributed by atoms with E-state index in [4.69, 9.17) is 5.11 Å². The highest BCUT2D eigenvalue weighted by Crippen LogP contribution is 2.08. The number of hydrogen-bond donors (Lipinski definition) is 1. The molecule has 0 heterocycles. The Morgan fingerprint density at radius 1 is 1.50 bits per heavy atom. The maximum Gasteiger partial charge on any atom is 0.304 e. The van der Waals surface area contributed by atoms with Crippen molar-refractivity contribution < 1.29 is 14.7 Å². The summed E-state index contributed by atoms with van der Waals surface area (Å²) in [6.07, 6.45) is 0.224. The molecule has 0 rings (SSSR count). The zero-order valence-corrected chi connectivity index (χ0v) is 7.26. The summed E-state index contributed by atoms with van der Waals surface area (Å²) in [5, 5.41) is 8.43. The lowest BCUT2D eigenvalue weighted by molar-refractivity contribution is -0.140. The second kappa shape index (κ2) is 5.36. The maximum absolute atomic E-state index is 10.9. The molecule has 1 unspecified atom stereocenters. The van der Waals surface area contributed by atoms with Crippen LogP contribution in [0, 0.1) is 17.8 Å². The number of carboxylic acids is 1. The molecule has 0 radical (unpaired) electrons. The van der Waals surface area contributed by atoms with Crippen LogP contribution in [0.1, 0.15) is 26.7 Å². The van der Waals surface area contributed by atoms with Crippen molar-refractivity contribution >= 4 is 11.8 Å². The fourth-order valence-corrected chi connectivity index (χ4v) is 0.796. The first kappa shape index (κ1) is 10.7. The summed E-state index contributed by atoms with van der Waals surface area (Å²) in [7, 11) is 0. The van der Waals surface area contributed by atoms with Crippen LogP contribution in [0.3, 0.4) is 0 Å². The average molecular weight is 168 g/mol. The summed E-state index contributed by atoms with van der Waals surface area (Å²) in [5.74, 6) is 3.82. The number of hydrogen-bond acceptors (Lipinski definition) is 2. The van der Waals surface area contributed by atoms with E-state index in [9.17, 15) is 9.59 Å². The summed E-state index contributed by atoms with van der Waals surface area (Å²) in [6.45, 7) is 3.06. The molecule has 12 heavy (non-hydrogen) atoms. The highest BCUT2D eigenvalue weighted by atomic mass is 16.4. The number of Topliss-reactive ketones (excluding diaryl/α,β-unsaturated/α-hetero) is 1. The normalized spacial score (nSPS) is 11.2. The minimum Gasteiger partial charge on any atom is -0.481 e. The second-order valence-electron chi connectivity index (χ2n) is 2.54. The molecule has 0 saturated carbocycles. The van der Waals surface area contributed by atoms with Crippen LogP contribution in [-0.4, -0.2) is 16.9 Å². The number of carbonyl (C=O) groups excluding carboxylic acids is 1. The topological polar surface area (TPSA) is 54.4 Å². The van der Waals surface area contributed by atoms with Crippen molar-refractivity contribution in [3.8, 4) is 11.8 Å². The molecule has 0 aromatic rings. The molecule has 0 amide bonds. The second-order valence-corrected chi connectivity index (χ2v) is 2.54. The molecule has 0 bridgehead atoms. The Balaban J connectivity index is 4.10. The predicted molar refractivity (Wildman–Crippen MR) is 44.5 cm³/mol. The van der Waals surface area contributed by atoms with Crippen LogP contribution in [-0.2, 0) is 9.59 Å². The minimum atomic E-state index is -0.951. The molecule has 0 spiro atoms. The van der Waals surface area contributed by atoms with E-state index in [1.165, 1.54) is 6.92 Å². The minimum absolute atomic E-state index is 0.111. The number of ketones is 1. The molecule has 1 atom stereocenters. The van der Waals surface area contributed by atoms with Crippen LogP contribution in [0.15, 0.2) is 0 Å². The molecule has 66 valence electrons. The average Bonchev–Trinajstić information content (AvgIpc) is 1.96. The summed E-state index contributed by atoms with van der Waals surface area (Å²) >= 11 is 0. The van der Waals surface area contributed by atoms with Gasteiger partial charge in [-0.2, -0.15) is 0 Å². The summed E-state index contributed by atoms with van der Waals surface area (Å²) in [6, 6.07) is 0. The Kier molecular flexibility index (Phi) is 4.78. The van der Waals surface area contributed by atoms with Crippen molar-refractivity contribution in [1.29, 1.82) is 0 Å². The lowest BCUT2D eigenvalue weighted by Gasteiger charge is -2.05. The predicted octanol–water partition coefficient (Wildman–Crippen LogP) is 1.08. The van der Waals surface area contributed by atoms with Gasteiger partial charge in [0.1, 0.15) is 5.78 Å². The molecule has 1 N–H and O–H groups in total. The third-order valence-corrected chi connectivity index (χ3v) is 1.52. The summed E-state index contributed by atoms with van der Waals surface area (Å²) in [4.78, 5) is 21.1. The van der Waals surface area contributed by atoms with E-state index < -0.39 is 11.9 Å². The van der Waals surface area contributed by atoms with Gasteiger partial charge in [-0.05, 0) is 13.8 Å². The van der Waals surface area contributed by atoms with Crippen molar-refractivity contribution in [2.75, 3.05) is 0 Å². The standard InChI is InChI=1S/C9H12O3/c1-3-4-5-8(7(2)10)6-9(11)12/h8H,5-6H2,1-2H3,(H,11,12). The highest BCUT2D eigenvalue weighted by Gasteiger charge is 2.16. The summed E-state index contributed by atoms with van der Waals surface area (Å²) in [5.41, 5.74) is 0. The first-order chi connectivity index (χ1) is 5.57. The monoisotopic (exact) mass is 168 g/mol. The summed E-state index contributed by atoms with van der Waals surface area (Å²) < 4.78 is 0. The number of aliphatic carboxylic acids is 1. The van der Waals surface area contributed by atoms with Gasteiger partial charge in [0, 0.05) is 12.3 Å². The lowest BCUT2D eigenvalue weighted by atomic mass is 9.98.